The van der Waals surface area contributed by atoms with Gasteiger partial charge in [-0.05, 0) is 11.6 Å². The fourth-order valence-electron chi connectivity index (χ4n) is 2.78. The van der Waals surface area contributed by atoms with Crippen molar-refractivity contribution in [2.24, 2.45) is 4.99 Å². The number of hydrogen-bond acceptors (Lipinski definition) is 6. The van der Waals surface area contributed by atoms with Crippen LogP contribution in [0.1, 0.15) is 11.1 Å². The molecule has 3 aromatic rings. The monoisotopic (exact) mass is 348 g/mol. The van der Waals surface area contributed by atoms with Crippen molar-refractivity contribution in [2.45, 2.75) is 6.54 Å². The maximum Gasteiger partial charge on any atom is 0.288 e. The third kappa shape index (κ3) is 3.25. The average molecular weight is 348 g/mol. The van der Waals surface area contributed by atoms with Crippen molar-refractivity contribution in [3.63, 3.8) is 0 Å². The molecule has 3 N–H and O–H groups in total. The van der Waals surface area contributed by atoms with Gasteiger partial charge in [-0.25, -0.2) is 9.98 Å². The molecule has 8 nitrogen and oxygen atoms in total. The van der Waals surface area contributed by atoms with Crippen molar-refractivity contribution in [1.29, 1.82) is 0 Å². The van der Waals surface area contributed by atoms with E-state index in [-0.39, 0.29) is 5.69 Å². The van der Waals surface area contributed by atoms with Crippen LogP contribution in [0.4, 0.5) is 5.69 Å². The summed E-state index contributed by atoms with van der Waals surface area (Å²) in [6.45, 7) is 1.27. The Labute approximate surface area is 148 Å². The first kappa shape index (κ1) is 15.8. The number of nitrogens with one attached hydrogen (secondary N) is 3. The second-order valence-electron chi connectivity index (χ2n) is 5.88. The predicted octanol–water partition coefficient (Wildman–Crippen LogP) is 2.56. The van der Waals surface area contributed by atoms with Crippen LogP contribution >= 0.6 is 0 Å². The Morgan fingerprint density at radius 1 is 1.31 bits per heavy atom. The Hall–Kier alpha value is -3.68. The lowest BCUT2D eigenvalue weighted by atomic mass is 10.2. The van der Waals surface area contributed by atoms with E-state index >= 15 is 0 Å². The zero-order chi connectivity index (χ0) is 17.9. The Morgan fingerprint density at radius 3 is 2.96 bits per heavy atom. The molecule has 0 bridgehead atoms. The molecule has 0 amide bonds. The van der Waals surface area contributed by atoms with Crippen molar-refractivity contribution in [2.75, 3.05) is 6.54 Å². The summed E-state index contributed by atoms with van der Waals surface area (Å²) in [4.78, 5) is 22.1. The van der Waals surface area contributed by atoms with Crippen molar-refractivity contribution in [3.05, 3.63) is 75.7 Å². The molecule has 0 aliphatic carbocycles. The molecule has 2 aromatic heterocycles. The second-order valence-corrected chi connectivity index (χ2v) is 5.88. The summed E-state index contributed by atoms with van der Waals surface area (Å²) < 4.78 is 0. The lowest BCUT2D eigenvalue weighted by Crippen LogP contribution is -2.33. The number of aromatic amines is 1. The first-order chi connectivity index (χ1) is 12.7. The minimum atomic E-state index is -0.447. The van der Waals surface area contributed by atoms with Crippen molar-refractivity contribution < 1.29 is 4.92 Å². The molecule has 0 saturated carbocycles. The smallest absolute Gasteiger partial charge is 0.288 e. The highest BCUT2D eigenvalue weighted by molar-refractivity contribution is 5.90. The fourth-order valence-corrected chi connectivity index (χ4v) is 2.78. The van der Waals surface area contributed by atoms with Gasteiger partial charge in [-0.1, -0.05) is 30.3 Å². The second kappa shape index (κ2) is 6.67. The zero-order valence-electron chi connectivity index (χ0n) is 13.8. The van der Waals surface area contributed by atoms with Crippen molar-refractivity contribution in [1.82, 2.24) is 20.6 Å². The van der Waals surface area contributed by atoms with Gasteiger partial charge in [0.15, 0.2) is 5.96 Å². The summed E-state index contributed by atoms with van der Waals surface area (Å²) in [6.07, 6.45) is 4.92. The lowest BCUT2D eigenvalue weighted by Gasteiger charge is -2.05. The Morgan fingerprint density at radius 2 is 2.15 bits per heavy atom. The molecule has 0 radical (unpaired) electrons. The molecule has 8 heteroatoms. The maximum absolute atomic E-state index is 11.0. The molecular formula is C18H16N6O2. The number of H-pyrrole nitrogens is 1. The number of hydrogen-bond donors (Lipinski definition) is 3. The van der Waals surface area contributed by atoms with Crippen molar-refractivity contribution in [3.8, 4) is 0 Å². The number of benzene rings is 1. The van der Waals surface area contributed by atoms with Crippen LogP contribution in [0, 0.1) is 10.1 Å². The van der Waals surface area contributed by atoms with Crippen LogP contribution in [0.3, 0.4) is 0 Å². The Balaban J connectivity index is 1.53. The predicted molar refractivity (Wildman–Crippen MR) is 99.4 cm³/mol. The van der Waals surface area contributed by atoms with Crippen LogP contribution in [-0.2, 0) is 6.54 Å². The molecule has 0 spiro atoms. The first-order valence-corrected chi connectivity index (χ1v) is 8.11. The molecule has 1 aliphatic heterocycles. The first-order valence-electron chi connectivity index (χ1n) is 8.11. The summed E-state index contributed by atoms with van der Waals surface area (Å²) >= 11 is 0. The molecule has 0 unspecified atom stereocenters. The van der Waals surface area contributed by atoms with E-state index in [4.69, 9.17) is 0 Å². The largest absolute Gasteiger partial charge is 0.352 e. The number of nitrogens with zero attached hydrogens (tertiary/aromatic N) is 3. The molecule has 0 fully saturated rings. The number of guanidine groups is 1. The summed E-state index contributed by atoms with van der Waals surface area (Å²) in [7, 11) is 0. The van der Waals surface area contributed by atoms with E-state index < -0.39 is 4.92 Å². The number of fused-ring (bicyclic) bond motifs is 1. The van der Waals surface area contributed by atoms with Gasteiger partial charge in [0.2, 0.25) is 0 Å². The quantitative estimate of drug-likeness (QED) is 0.496. The number of aromatic nitrogens is 2. The van der Waals surface area contributed by atoms with Crippen molar-refractivity contribution >= 4 is 28.8 Å². The molecule has 0 atom stereocenters. The van der Waals surface area contributed by atoms with Gasteiger partial charge in [-0.3, -0.25) is 10.1 Å². The van der Waals surface area contributed by atoms with Gasteiger partial charge in [0.25, 0.3) is 5.69 Å². The summed E-state index contributed by atoms with van der Waals surface area (Å²) in [5.74, 6) is 0.712. The standard InChI is InChI=1S/C18H16N6O2/c25-24(26)15-7-16-13(9-19-17(16)20-11-15)6-14-10-22-18(23-14)21-8-12-4-2-1-3-5-12/h1-7,9,11H,8,10H2,(H,19,20)(H2,21,22,23)/b14-6+. The highest BCUT2D eigenvalue weighted by Gasteiger charge is 2.14. The minimum absolute atomic E-state index is 0.0324. The third-order valence-corrected chi connectivity index (χ3v) is 4.08. The molecule has 1 aromatic carbocycles. The number of aliphatic imine (C=N–C) groups is 1. The number of nitro groups is 1. The SMILES string of the molecule is O=[N+]([O-])c1cnc2[nH]cc(/C=C3\CNC(NCc4ccccc4)=N3)c2c1. The summed E-state index contributed by atoms with van der Waals surface area (Å²) in [6, 6.07) is 11.6. The van der Waals surface area contributed by atoms with Crippen LogP contribution in [-0.4, -0.2) is 27.4 Å². The summed E-state index contributed by atoms with van der Waals surface area (Å²) in [5.41, 5.74) is 3.41. The third-order valence-electron chi connectivity index (χ3n) is 4.08. The maximum atomic E-state index is 11.0. The lowest BCUT2D eigenvalue weighted by molar-refractivity contribution is -0.385. The number of rotatable bonds is 4. The Kier molecular flexibility index (Phi) is 4.06. The average Bonchev–Trinajstić information content (AvgIpc) is 3.28. The minimum Gasteiger partial charge on any atom is -0.352 e. The van der Waals surface area contributed by atoms with Crippen LogP contribution < -0.4 is 10.6 Å². The van der Waals surface area contributed by atoms with E-state index in [9.17, 15) is 10.1 Å². The van der Waals surface area contributed by atoms with Crippen LogP contribution in [0.15, 0.2) is 59.5 Å². The van der Waals surface area contributed by atoms with E-state index in [2.05, 4.69) is 25.6 Å². The van der Waals surface area contributed by atoms with E-state index in [0.29, 0.717) is 30.1 Å². The van der Waals surface area contributed by atoms with Crippen LogP contribution in [0.5, 0.6) is 0 Å². The van der Waals surface area contributed by atoms with Gasteiger partial charge in [0, 0.05) is 29.8 Å². The number of pyridine rings is 1. The van der Waals surface area contributed by atoms with E-state index in [1.807, 2.05) is 36.4 Å². The van der Waals surface area contributed by atoms with E-state index in [1.165, 1.54) is 17.8 Å². The topological polar surface area (TPSA) is 108 Å². The van der Waals surface area contributed by atoms with Gasteiger partial charge in [-0.2, -0.15) is 0 Å². The molecular weight excluding hydrogens is 332 g/mol. The highest BCUT2D eigenvalue weighted by atomic mass is 16.6. The normalized spacial score (nSPS) is 15.1. The van der Waals surface area contributed by atoms with Crippen LogP contribution in [0.2, 0.25) is 0 Å². The van der Waals surface area contributed by atoms with E-state index in [0.717, 1.165) is 11.3 Å². The van der Waals surface area contributed by atoms with Gasteiger partial charge in [0.05, 0.1) is 17.2 Å². The van der Waals surface area contributed by atoms with E-state index in [1.54, 1.807) is 6.20 Å². The summed E-state index contributed by atoms with van der Waals surface area (Å²) in [5, 5.41) is 18.1. The van der Waals surface area contributed by atoms with Gasteiger partial charge in [0.1, 0.15) is 11.8 Å². The van der Waals surface area contributed by atoms with Gasteiger partial charge in [-0.15, -0.1) is 0 Å². The molecule has 1 aliphatic rings. The Bertz CT molecular complexity index is 1020. The van der Waals surface area contributed by atoms with Crippen LogP contribution in [0.25, 0.3) is 17.1 Å². The molecule has 0 saturated heterocycles. The fraction of sp³-hybridized carbons (Fsp3) is 0.111. The highest BCUT2D eigenvalue weighted by Crippen LogP contribution is 2.24. The van der Waals surface area contributed by atoms with Gasteiger partial charge >= 0.3 is 0 Å². The molecule has 3 heterocycles. The molecule has 4 rings (SSSR count). The van der Waals surface area contributed by atoms with Gasteiger partial charge < -0.3 is 15.6 Å². The molecule has 130 valence electrons. The zero-order valence-corrected chi connectivity index (χ0v) is 13.8. The molecule has 26 heavy (non-hydrogen) atoms.